The van der Waals surface area contributed by atoms with E-state index in [2.05, 4.69) is 10.1 Å². The molecule has 0 radical (unpaired) electrons. The van der Waals surface area contributed by atoms with Crippen molar-refractivity contribution in [1.29, 1.82) is 0 Å². The number of aromatic nitrogens is 3. The maximum atomic E-state index is 14.0. The predicted molar refractivity (Wildman–Crippen MR) is 139 cm³/mol. The molecule has 1 unspecified atom stereocenters. The van der Waals surface area contributed by atoms with E-state index in [9.17, 15) is 19.7 Å². The number of hydrogen-bond donors (Lipinski definition) is 0. The number of fused-ring (bicyclic) bond motifs is 1. The highest BCUT2D eigenvalue weighted by Gasteiger charge is 2.38. The van der Waals surface area contributed by atoms with Gasteiger partial charge in [0.05, 0.1) is 35.1 Å². The average Bonchev–Trinajstić information content (AvgIpc) is 3.39. The fourth-order valence-electron chi connectivity index (χ4n) is 4.59. The number of nitrogens with zero attached hydrogens (tertiary/aromatic N) is 4. The fourth-order valence-corrected chi connectivity index (χ4v) is 4.59. The van der Waals surface area contributed by atoms with E-state index in [1.807, 2.05) is 30.3 Å². The largest absolute Gasteiger partial charge is 0.463 e. The van der Waals surface area contributed by atoms with Gasteiger partial charge in [-0.3, -0.25) is 19.5 Å². The van der Waals surface area contributed by atoms with Gasteiger partial charge in [0.15, 0.2) is 5.76 Å². The van der Waals surface area contributed by atoms with Gasteiger partial charge in [-0.1, -0.05) is 35.5 Å². The highest BCUT2D eigenvalue weighted by molar-refractivity contribution is 5.92. The lowest BCUT2D eigenvalue weighted by Crippen LogP contribution is -2.34. The SMILES string of the molecule is CCOC(=O)C1=C(C)Oc2nc(C)n(Cc3cc(-c4ccc([N+](=O)[O-])cc4)no3)c(=O)c2C1c1ccccc1. The highest BCUT2D eigenvalue weighted by Crippen LogP contribution is 2.41. The number of nitro groups is 1. The van der Waals surface area contributed by atoms with E-state index in [4.69, 9.17) is 14.0 Å². The molecular formula is C28H24N4O7. The van der Waals surface area contributed by atoms with Gasteiger partial charge in [-0.15, -0.1) is 0 Å². The summed E-state index contributed by atoms with van der Waals surface area (Å²) in [5, 5.41) is 15.0. The van der Waals surface area contributed by atoms with Crippen LogP contribution < -0.4 is 10.3 Å². The molecule has 0 saturated carbocycles. The molecule has 39 heavy (non-hydrogen) atoms. The molecule has 0 bridgehead atoms. The summed E-state index contributed by atoms with van der Waals surface area (Å²) in [5.74, 6) is -0.0961. The monoisotopic (exact) mass is 528 g/mol. The summed E-state index contributed by atoms with van der Waals surface area (Å²) >= 11 is 0. The van der Waals surface area contributed by atoms with Crippen molar-refractivity contribution in [2.45, 2.75) is 33.2 Å². The van der Waals surface area contributed by atoms with Crippen molar-refractivity contribution in [3.63, 3.8) is 0 Å². The molecule has 1 aliphatic rings. The average molecular weight is 529 g/mol. The normalized spacial score (nSPS) is 14.5. The summed E-state index contributed by atoms with van der Waals surface area (Å²) in [6, 6.07) is 16.8. The van der Waals surface area contributed by atoms with Gasteiger partial charge < -0.3 is 14.0 Å². The Balaban J connectivity index is 1.56. The second-order valence-electron chi connectivity index (χ2n) is 8.89. The van der Waals surface area contributed by atoms with E-state index in [1.165, 1.54) is 16.7 Å². The molecule has 3 heterocycles. The van der Waals surface area contributed by atoms with Crippen LogP contribution in [0.4, 0.5) is 5.69 Å². The number of carbonyl (C=O) groups excluding carboxylic acids is 1. The molecule has 0 amide bonds. The number of aryl methyl sites for hydroxylation is 1. The molecule has 0 aliphatic carbocycles. The third kappa shape index (κ3) is 4.81. The van der Waals surface area contributed by atoms with Gasteiger partial charge >= 0.3 is 5.97 Å². The number of allylic oxidation sites excluding steroid dienone is 1. The molecular weight excluding hydrogens is 504 g/mol. The predicted octanol–water partition coefficient (Wildman–Crippen LogP) is 4.52. The van der Waals surface area contributed by atoms with Crippen molar-refractivity contribution in [2.24, 2.45) is 0 Å². The van der Waals surface area contributed by atoms with Crippen molar-refractivity contribution in [3.05, 3.63) is 115 Å². The zero-order valence-electron chi connectivity index (χ0n) is 21.4. The van der Waals surface area contributed by atoms with E-state index in [0.29, 0.717) is 28.6 Å². The Kier molecular flexibility index (Phi) is 6.80. The van der Waals surface area contributed by atoms with E-state index < -0.39 is 22.4 Å². The van der Waals surface area contributed by atoms with E-state index in [1.54, 1.807) is 39.0 Å². The second kappa shape index (κ2) is 10.4. The summed E-state index contributed by atoms with van der Waals surface area (Å²) < 4.78 is 18.1. The number of esters is 1. The minimum atomic E-state index is -0.744. The molecule has 198 valence electrons. The number of rotatable bonds is 7. The standard InChI is InChI=1S/C28H24N4O7/c1-4-37-28(34)23-16(2)38-26-25(24(23)19-8-6-5-7-9-19)27(33)31(17(3)29-26)15-21-14-22(30-39-21)18-10-12-20(13-11-18)32(35)36/h5-14,24H,4,15H2,1-3H3. The molecule has 4 aromatic rings. The summed E-state index contributed by atoms with van der Waals surface area (Å²) in [6.07, 6.45) is 0. The molecule has 11 nitrogen and oxygen atoms in total. The van der Waals surface area contributed by atoms with Crippen molar-refractivity contribution in [2.75, 3.05) is 6.61 Å². The molecule has 2 aromatic heterocycles. The van der Waals surface area contributed by atoms with Gasteiger partial charge in [-0.25, -0.2) is 4.79 Å². The van der Waals surface area contributed by atoms with Crippen LogP contribution in [0.2, 0.25) is 0 Å². The zero-order valence-corrected chi connectivity index (χ0v) is 21.4. The molecule has 11 heteroatoms. The Hall–Kier alpha value is -5.06. The first-order valence-corrected chi connectivity index (χ1v) is 12.2. The van der Waals surface area contributed by atoms with Crippen molar-refractivity contribution < 1.29 is 23.7 Å². The van der Waals surface area contributed by atoms with Gasteiger partial charge in [0, 0.05) is 23.8 Å². The Labute approximate surface area is 222 Å². The van der Waals surface area contributed by atoms with Crippen molar-refractivity contribution in [1.82, 2.24) is 14.7 Å². The van der Waals surface area contributed by atoms with E-state index in [0.717, 1.165) is 5.56 Å². The van der Waals surface area contributed by atoms with Gasteiger partial charge in [-0.05, 0) is 38.5 Å². The van der Waals surface area contributed by atoms with Gasteiger partial charge in [0.2, 0.25) is 5.88 Å². The first-order chi connectivity index (χ1) is 18.8. The van der Waals surface area contributed by atoms with Gasteiger partial charge in [0.1, 0.15) is 17.3 Å². The fraction of sp³-hybridized carbons (Fsp3) is 0.214. The van der Waals surface area contributed by atoms with Crippen LogP contribution in [0.1, 0.15) is 42.5 Å². The number of ether oxygens (including phenoxy) is 2. The maximum Gasteiger partial charge on any atom is 0.338 e. The van der Waals surface area contributed by atoms with E-state index >= 15 is 0 Å². The summed E-state index contributed by atoms with van der Waals surface area (Å²) in [7, 11) is 0. The lowest BCUT2D eigenvalue weighted by Gasteiger charge is -2.28. The topological polar surface area (TPSA) is 140 Å². The van der Waals surface area contributed by atoms with Crippen LogP contribution in [-0.4, -0.2) is 32.2 Å². The van der Waals surface area contributed by atoms with Crippen LogP contribution in [0, 0.1) is 17.0 Å². The Morgan fingerprint density at radius 3 is 2.51 bits per heavy atom. The molecule has 1 atom stereocenters. The highest BCUT2D eigenvalue weighted by atomic mass is 16.6. The first kappa shape index (κ1) is 25.6. The summed E-state index contributed by atoms with van der Waals surface area (Å²) in [5.41, 5.74) is 1.84. The molecule has 2 aromatic carbocycles. The van der Waals surface area contributed by atoms with Gasteiger partial charge in [0.25, 0.3) is 11.2 Å². The third-order valence-corrected chi connectivity index (χ3v) is 6.44. The lowest BCUT2D eigenvalue weighted by atomic mass is 9.83. The van der Waals surface area contributed by atoms with Crippen LogP contribution in [0.3, 0.4) is 0 Å². The lowest BCUT2D eigenvalue weighted by molar-refractivity contribution is -0.384. The number of carbonyl (C=O) groups is 1. The van der Waals surface area contributed by atoms with Crippen LogP contribution in [0.25, 0.3) is 11.3 Å². The van der Waals surface area contributed by atoms with E-state index in [-0.39, 0.29) is 35.9 Å². The molecule has 0 N–H and O–H groups in total. The number of hydrogen-bond acceptors (Lipinski definition) is 9. The minimum Gasteiger partial charge on any atom is -0.463 e. The smallest absolute Gasteiger partial charge is 0.338 e. The summed E-state index contributed by atoms with van der Waals surface area (Å²) in [4.78, 5) is 42.0. The zero-order chi connectivity index (χ0) is 27.7. The Bertz CT molecular complexity index is 1650. The molecule has 0 fully saturated rings. The van der Waals surface area contributed by atoms with Crippen LogP contribution >= 0.6 is 0 Å². The van der Waals surface area contributed by atoms with Crippen LogP contribution in [-0.2, 0) is 16.1 Å². The quantitative estimate of drug-likeness (QED) is 0.192. The minimum absolute atomic E-state index is 0.0177. The third-order valence-electron chi connectivity index (χ3n) is 6.44. The van der Waals surface area contributed by atoms with Crippen molar-refractivity contribution >= 4 is 11.7 Å². The summed E-state index contributed by atoms with van der Waals surface area (Å²) in [6.45, 7) is 5.23. The van der Waals surface area contributed by atoms with Crippen LogP contribution in [0.15, 0.2) is 81.3 Å². The van der Waals surface area contributed by atoms with Crippen LogP contribution in [0.5, 0.6) is 5.88 Å². The van der Waals surface area contributed by atoms with Crippen molar-refractivity contribution in [3.8, 4) is 17.1 Å². The number of nitro benzene ring substituents is 1. The van der Waals surface area contributed by atoms with Gasteiger partial charge in [-0.2, -0.15) is 4.98 Å². The number of non-ortho nitro benzene ring substituents is 1. The molecule has 1 aliphatic heterocycles. The Morgan fingerprint density at radius 1 is 1.13 bits per heavy atom. The molecule has 0 saturated heterocycles. The maximum absolute atomic E-state index is 14.0. The first-order valence-electron chi connectivity index (χ1n) is 12.2. The second-order valence-corrected chi connectivity index (χ2v) is 8.89. The molecule has 0 spiro atoms. The number of benzene rings is 2. The molecule has 5 rings (SSSR count). The Morgan fingerprint density at radius 2 is 1.85 bits per heavy atom.